The van der Waals surface area contributed by atoms with Crippen LogP contribution in [-0.2, 0) is 17.9 Å². The summed E-state index contributed by atoms with van der Waals surface area (Å²) in [4.78, 5) is 6.09. The maximum absolute atomic E-state index is 5.43. The Morgan fingerprint density at radius 3 is 2.82 bits per heavy atom. The Labute approximate surface area is 108 Å². The minimum Gasteiger partial charge on any atom is -0.375 e. The lowest BCUT2D eigenvalue weighted by Gasteiger charge is -2.05. The molecule has 1 N–H and O–H groups in total. The van der Waals surface area contributed by atoms with Crippen molar-refractivity contribution < 1.29 is 4.74 Å². The molecular weight excluding hydrogens is 232 g/mol. The van der Waals surface area contributed by atoms with E-state index in [4.69, 9.17) is 9.72 Å². The van der Waals surface area contributed by atoms with Gasteiger partial charge in [0, 0.05) is 24.1 Å². The van der Waals surface area contributed by atoms with Gasteiger partial charge in [0.25, 0.3) is 0 Å². The van der Waals surface area contributed by atoms with Gasteiger partial charge in [0.05, 0.1) is 12.3 Å². The molecule has 0 aromatic carbocycles. The Kier molecular flexibility index (Phi) is 4.54. The van der Waals surface area contributed by atoms with E-state index in [-0.39, 0.29) is 0 Å². The van der Waals surface area contributed by atoms with Gasteiger partial charge in [-0.25, -0.2) is 4.98 Å². The lowest BCUT2D eigenvalue weighted by atomic mass is 10.1. The van der Waals surface area contributed by atoms with Crippen molar-refractivity contribution in [2.75, 3.05) is 6.61 Å². The number of hydrogen-bond acceptors (Lipinski definition) is 4. The van der Waals surface area contributed by atoms with Gasteiger partial charge in [-0.2, -0.15) is 0 Å². The van der Waals surface area contributed by atoms with Crippen LogP contribution in [0.2, 0.25) is 0 Å². The first-order valence-electron chi connectivity index (χ1n) is 6.50. The molecule has 1 saturated carbocycles. The van der Waals surface area contributed by atoms with Crippen LogP contribution in [0.5, 0.6) is 0 Å². The Morgan fingerprint density at radius 2 is 2.24 bits per heavy atom. The highest BCUT2D eigenvalue weighted by molar-refractivity contribution is 7.11. The number of ether oxygens (including phenoxy) is 1. The maximum Gasteiger partial charge on any atom is 0.119 e. The average molecular weight is 254 g/mol. The second kappa shape index (κ2) is 5.94. The SMILES string of the molecule is CCOCc1nc(C(C)C)c(CNC2CC2)s1. The van der Waals surface area contributed by atoms with Gasteiger partial charge in [0.2, 0.25) is 0 Å². The van der Waals surface area contributed by atoms with E-state index in [1.54, 1.807) is 11.3 Å². The van der Waals surface area contributed by atoms with Crippen molar-refractivity contribution in [2.45, 2.75) is 58.7 Å². The first kappa shape index (κ1) is 13.0. The summed E-state index contributed by atoms with van der Waals surface area (Å²) in [6.07, 6.45) is 2.67. The summed E-state index contributed by atoms with van der Waals surface area (Å²) in [5.41, 5.74) is 1.25. The summed E-state index contributed by atoms with van der Waals surface area (Å²) in [6, 6.07) is 0.757. The van der Waals surface area contributed by atoms with Crippen LogP contribution in [-0.4, -0.2) is 17.6 Å². The Morgan fingerprint density at radius 1 is 1.47 bits per heavy atom. The number of hydrogen-bond donors (Lipinski definition) is 1. The third-order valence-corrected chi connectivity index (χ3v) is 3.92. The van der Waals surface area contributed by atoms with Crippen molar-refractivity contribution in [3.8, 4) is 0 Å². The van der Waals surface area contributed by atoms with Crippen LogP contribution in [0.4, 0.5) is 0 Å². The maximum atomic E-state index is 5.43. The van der Waals surface area contributed by atoms with Gasteiger partial charge in [-0.05, 0) is 25.7 Å². The van der Waals surface area contributed by atoms with Crippen LogP contribution in [0, 0.1) is 0 Å². The number of aromatic nitrogens is 1. The molecule has 4 heteroatoms. The van der Waals surface area contributed by atoms with E-state index >= 15 is 0 Å². The molecule has 0 saturated heterocycles. The third kappa shape index (κ3) is 3.76. The second-order valence-electron chi connectivity index (χ2n) is 4.86. The monoisotopic (exact) mass is 254 g/mol. The highest BCUT2D eigenvalue weighted by atomic mass is 32.1. The average Bonchev–Trinajstić information content (AvgIpc) is 3.03. The number of rotatable bonds is 7. The van der Waals surface area contributed by atoms with Crippen LogP contribution in [0.1, 0.15) is 55.1 Å². The number of thiazole rings is 1. The van der Waals surface area contributed by atoms with E-state index in [1.807, 2.05) is 6.92 Å². The Hall–Kier alpha value is -0.450. The van der Waals surface area contributed by atoms with E-state index in [0.29, 0.717) is 12.5 Å². The van der Waals surface area contributed by atoms with Crippen molar-refractivity contribution >= 4 is 11.3 Å². The number of nitrogens with zero attached hydrogens (tertiary/aromatic N) is 1. The predicted octanol–water partition coefficient (Wildman–Crippen LogP) is 3.06. The fourth-order valence-electron chi connectivity index (χ4n) is 1.77. The van der Waals surface area contributed by atoms with E-state index in [1.165, 1.54) is 23.4 Å². The summed E-state index contributed by atoms with van der Waals surface area (Å²) in [6.45, 7) is 8.82. The van der Waals surface area contributed by atoms with Gasteiger partial charge >= 0.3 is 0 Å². The summed E-state index contributed by atoms with van der Waals surface area (Å²) in [7, 11) is 0. The molecule has 0 unspecified atom stereocenters. The highest BCUT2D eigenvalue weighted by Crippen LogP contribution is 2.27. The van der Waals surface area contributed by atoms with Crippen LogP contribution in [0.25, 0.3) is 0 Å². The first-order chi connectivity index (χ1) is 8.20. The summed E-state index contributed by atoms with van der Waals surface area (Å²) >= 11 is 1.80. The molecule has 1 aliphatic rings. The third-order valence-electron chi connectivity index (χ3n) is 2.88. The van der Waals surface area contributed by atoms with E-state index in [0.717, 1.165) is 24.2 Å². The predicted molar refractivity (Wildman–Crippen MR) is 71.4 cm³/mol. The van der Waals surface area contributed by atoms with Crippen molar-refractivity contribution in [3.05, 3.63) is 15.6 Å². The molecular formula is C13H22N2OS. The van der Waals surface area contributed by atoms with E-state index in [9.17, 15) is 0 Å². The fourth-order valence-corrected chi connectivity index (χ4v) is 2.88. The summed E-state index contributed by atoms with van der Waals surface area (Å²) in [5.74, 6) is 0.498. The molecule has 1 aromatic rings. The van der Waals surface area contributed by atoms with Crippen LogP contribution in [0.3, 0.4) is 0 Å². The Balaban J connectivity index is 2.01. The lowest BCUT2D eigenvalue weighted by Crippen LogP contribution is -2.15. The lowest BCUT2D eigenvalue weighted by molar-refractivity contribution is 0.133. The molecule has 3 nitrogen and oxygen atoms in total. The van der Waals surface area contributed by atoms with E-state index in [2.05, 4.69) is 19.2 Å². The molecule has 1 fully saturated rings. The molecule has 0 aliphatic heterocycles. The van der Waals surface area contributed by atoms with E-state index < -0.39 is 0 Å². The normalized spacial score (nSPS) is 15.8. The molecule has 0 atom stereocenters. The van der Waals surface area contributed by atoms with Crippen molar-refractivity contribution in [1.29, 1.82) is 0 Å². The van der Waals surface area contributed by atoms with Gasteiger partial charge in [0.15, 0.2) is 0 Å². The topological polar surface area (TPSA) is 34.1 Å². The van der Waals surface area contributed by atoms with Crippen LogP contribution in [0.15, 0.2) is 0 Å². The van der Waals surface area contributed by atoms with Crippen molar-refractivity contribution in [1.82, 2.24) is 10.3 Å². The second-order valence-corrected chi connectivity index (χ2v) is 6.03. The zero-order valence-corrected chi connectivity index (χ0v) is 11.8. The minimum absolute atomic E-state index is 0.498. The Bertz CT molecular complexity index is 358. The molecule has 1 heterocycles. The zero-order chi connectivity index (χ0) is 12.3. The molecule has 1 aromatic heterocycles. The van der Waals surface area contributed by atoms with Gasteiger partial charge in [-0.1, -0.05) is 13.8 Å². The van der Waals surface area contributed by atoms with Crippen molar-refractivity contribution in [2.24, 2.45) is 0 Å². The molecule has 0 radical (unpaired) electrons. The first-order valence-corrected chi connectivity index (χ1v) is 7.32. The van der Waals surface area contributed by atoms with Gasteiger partial charge in [-0.3, -0.25) is 0 Å². The molecule has 2 rings (SSSR count). The molecule has 0 bridgehead atoms. The number of nitrogens with one attached hydrogen (secondary N) is 1. The minimum atomic E-state index is 0.498. The standard InChI is InChI=1S/C13H22N2OS/c1-4-16-8-12-15-13(9(2)3)11(17-12)7-14-10-5-6-10/h9-10,14H,4-8H2,1-3H3. The molecule has 17 heavy (non-hydrogen) atoms. The van der Waals surface area contributed by atoms with Crippen LogP contribution < -0.4 is 5.32 Å². The molecule has 1 aliphatic carbocycles. The molecule has 0 amide bonds. The smallest absolute Gasteiger partial charge is 0.119 e. The van der Waals surface area contributed by atoms with Crippen LogP contribution >= 0.6 is 11.3 Å². The largest absolute Gasteiger partial charge is 0.375 e. The van der Waals surface area contributed by atoms with Gasteiger partial charge in [0.1, 0.15) is 5.01 Å². The zero-order valence-electron chi connectivity index (χ0n) is 11.0. The molecule has 96 valence electrons. The highest BCUT2D eigenvalue weighted by Gasteiger charge is 2.22. The molecule has 0 spiro atoms. The fraction of sp³-hybridized carbons (Fsp3) is 0.769. The van der Waals surface area contributed by atoms with Crippen molar-refractivity contribution in [3.63, 3.8) is 0 Å². The quantitative estimate of drug-likeness (QED) is 0.812. The summed E-state index contributed by atoms with van der Waals surface area (Å²) in [5, 5.41) is 4.68. The summed E-state index contributed by atoms with van der Waals surface area (Å²) < 4.78 is 5.43. The van der Waals surface area contributed by atoms with Gasteiger partial charge in [-0.15, -0.1) is 11.3 Å². The van der Waals surface area contributed by atoms with Gasteiger partial charge < -0.3 is 10.1 Å².